The minimum absolute atomic E-state index is 0.00322. The molecule has 0 unspecified atom stereocenters. The lowest BCUT2D eigenvalue weighted by Crippen LogP contribution is -2.27. The summed E-state index contributed by atoms with van der Waals surface area (Å²) in [4.78, 5) is 23.7. The van der Waals surface area contributed by atoms with Crippen LogP contribution in [-0.2, 0) is 0 Å². The maximum absolute atomic E-state index is 12.0. The van der Waals surface area contributed by atoms with Gasteiger partial charge in [-0.25, -0.2) is 0 Å². The van der Waals surface area contributed by atoms with Crippen LogP contribution >= 0.6 is 15.9 Å². The zero-order valence-electron chi connectivity index (χ0n) is 10.8. The molecule has 0 aliphatic rings. The average Bonchev–Trinajstić information content (AvgIpc) is 2.42. The summed E-state index contributed by atoms with van der Waals surface area (Å²) >= 11 is 3.37. The Labute approximate surface area is 120 Å². The molecule has 1 aromatic carbocycles. The molecule has 0 saturated heterocycles. The molecule has 0 aromatic heterocycles. The molecule has 0 bridgehead atoms. The van der Waals surface area contributed by atoms with E-state index >= 15 is 0 Å². The van der Waals surface area contributed by atoms with E-state index in [0.717, 1.165) is 24.6 Å². The van der Waals surface area contributed by atoms with Gasteiger partial charge in [0.15, 0.2) is 0 Å². The Balaban J connectivity index is 2.54. The van der Waals surface area contributed by atoms with E-state index in [2.05, 4.69) is 15.9 Å². The van der Waals surface area contributed by atoms with E-state index in [1.54, 1.807) is 11.9 Å². The number of hydrogen-bond acceptors (Lipinski definition) is 3. The van der Waals surface area contributed by atoms with Crippen LogP contribution in [0.1, 0.15) is 29.6 Å². The van der Waals surface area contributed by atoms with Crippen LogP contribution in [0.2, 0.25) is 0 Å². The molecule has 0 aliphatic heterocycles. The number of alkyl halides is 1. The highest BCUT2D eigenvalue weighted by atomic mass is 79.9. The van der Waals surface area contributed by atoms with Crippen LogP contribution < -0.4 is 0 Å². The molecule has 104 valence electrons. The molecule has 6 heteroatoms. The Bertz CT molecular complexity index is 434. The number of amides is 1. The van der Waals surface area contributed by atoms with Crippen molar-refractivity contribution in [3.63, 3.8) is 0 Å². The van der Waals surface area contributed by atoms with Gasteiger partial charge in [0, 0.05) is 36.6 Å². The van der Waals surface area contributed by atoms with Crippen molar-refractivity contribution >= 4 is 27.5 Å². The number of nitro benzene ring substituents is 1. The predicted molar refractivity (Wildman–Crippen MR) is 77.7 cm³/mol. The van der Waals surface area contributed by atoms with E-state index in [9.17, 15) is 14.9 Å². The minimum atomic E-state index is -0.474. The molecular formula is C13H17BrN2O3. The number of carbonyl (C=O) groups excluding carboxylic acids is 1. The largest absolute Gasteiger partial charge is 0.342 e. The van der Waals surface area contributed by atoms with Crippen molar-refractivity contribution in [2.45, 2.75) is 19.3 Å². The maximum Gasteiger partial charge on any atom is 0.269 e. The topological polar surface area (TPSA) is 63.5 Å². The standard InChI is InChI=1S/C13H17BrN2O3/c1-15(10-4-2-3-9-14)13(17)11-5-7-12(8-6-11)16(18)19/h5-8H,2-4,9-10H2,1H3. The quantitative estimate of drug-likeness (QED) is 0.334. The lowest BCUT2D eigenvalue weighted by atomic mass is 10.1. The van der Waals surface area contributed by atoms with Crippen molar-refractivity contribution in [1.82, 2.24) is 4.90 Å². The van der Waals surface area contributed by atoms with Crippen LogP contribution in [0, 0.1) is 10.1 Å². The maximum atomic E-state index is 12.0. The van der Waals surface area contributed by atoms with Crippen molar-refractivity contribution in [2.75, 3.05) is 18.9 Å². The van der Waals surface area contributed by atoms with E-state index in [-0.39, 0.29) is 11.6 Å². The van der Waals surface area contributed by atoms with Gasteiger partial charge in [0.05, 0.1) is 4.92 Å². The molecular weight excluding hydrogens is 312 g/mol. The lowest BCUT2D eigenvalue weighted by molar-refractivity contribution is -0.384. The lowest BCUT2D eigenvalue weighted by Gasteiger charge is -2.16. The van der Waals surface area contributed by atoms with Crippen LogP contribution in [0.15, 0.2) is 24.3 Å². The van der Waals surface area contributed by atoms with E-state index in [0.29, 0.717) is 12.1 Å². The van der Waals surface area contributed by atoms with Crippen LogP contribution in [-0.4, -0.2) is 34.7 Å². The van der Waals surface area contributed by atoms with Gasteiger partial charge >= 0.3 is 0 Å². The molecule has 0 heterocycles. The van der Waals surface area contributed by atoms with Crippen LogP contribution in [0.25, 0.3) is 0 Å². The minimum Gasteiger partial charge on any atom is -0.342 e. The Kier molecular flexibility index (Phi) is 6.49. The summed E-state index contributed by atoms with van der Waals surface area (Å²) in [5, 5.41) is 11.5. The van der Waals surface area contributed by atoms with Crippen LogP contribution in [0.4, 0.5) is 5.69 Å². The summed E-state index contributed by atoms with van der Waals surface area (Å²) in [7, 11) is 1.75. The van der Waals surface area contributed by atoms with Crippen molar-refractivity contribution in [3.05, 3.63) is 39.9 Å². The van der Waals surface area contributed by atoms with E-state index in [4.69, 9.17) is 0 Å². The van der Waals surface area contributed by atoms with Crippen LogP contribution in [0.5, 0.6) is 0 Å². The third kappa shape index (κ3) is 4.98. The molecule has 0 atom stereocenters. The number of nitrogens with zero attached hydrogens (tertiary/aromatic N) is 2. The summed E-state index contributed by atoms with van der Waals surface area (Å²) in [5.41, 5.74) is 0.477. The first-order chi connectivity index (χ1) is 9.06. The number of non-ortho nitro benzene ring substituents is 1. The summed E-state index contributed by atoms with van der Waals surface area (Å²) in [6.45, 7) is 0.697. The van der Waals surface area contributed by atoms with E-state index in [1.807, 2.05) is 0 Å². The summed E-state index contributed by atoms with van der Waals surface area (Å²) < 4.78 is 0. The molecule has 1 rings (SSSR count). The Morgan fingerprint density at radius 3 is 2.42 bits per heavy atom. The first-order valence-electron chi connectivity index (χ1n) is 6.12. The fourth-order valence-electron chi connectivity index (χ4n) is 1.67. The SMILES string of the molecule is CN(CCCCCBr)C(=O)c1ccc([N+](=O)[O-])cc1. The zero-order valence-corrected chi connectivity index (χ0v) is 12.4. The molecule has 1 amide bonds. The molecule has 0 N–H and O–H groups in total. The van der Waals surface area contributed by atoms with Gasteiger partial charge in [-0.1, -0.05) is 22.4 Å². The van der Waals surface area contributed by atoms with Crippen molar-refractivity contribution in [3.8, 4) is 0 Å². The fraction of sp³-hybridized carbons (Fsp3) is 0.462. The van der Waals surface area contributed by atoms with Gasteiger partial charge in [-0.3, -0.25) is 14.9 Å². The second-order valence-corrected chi connectivity index (χ2v) is 5.07. The van der Waals surface area contributed by atoms with Gasteiger partial charge in [-0.05, 0) is 25.0 Å². The number of rotatable bonds is 7. The highest BCUT2D eigenvalue weighted by molar-refractivity contribution is 9.09. The second kappa shape index (κ2) is 7.89. The Hall–Kier alpha value is -1.43. The van der Waals surface area contributed by atoms with Crippen LogP contribution in [0.3, 0.4) is 0 Å². The van der Waals surface area contributed by atoms with Crippen molar-refractivity contribution in [2.24, 2.45) is 0 Å². The van der Waals surface area contributed by atoms with E-state index < -0.39 is 4.92 Å². The third-order valence-electron chi connectivity index (χ3n) is 2.80. The van der Waals surface area contributed by atoms with Gasteiger partial charge < -0.3 is 4.90 Å². The number of hydrogen-bond donors (Lipinski definition) is 0. The van der Waals surface area contributed by atoms with Gasteiger partial charge in [0.1, 0.15) is 0 Å². The van der Waals surface area contributed by atoms with Gasteiger partial charge in [-0.2, -0.15) is 0 Å². The second-order valence-electron chi connectivity index (χ2n) is 4.28. The van der Waals surface area contributed by atoms with Crippen molar-refractivity contribution < 1.29 is 9.72 Å². The highest BCUT2D eigenvalue weighted by Gasteiger charge is 2.13. The average molecular weight is 329 g/mol. The molecule has 1 aromatic rings. The molecule has 5 nitrogen and oxygen atoms in total. The number of nitro groups is 1. The molecule has 0 fully saturated rings. The normalized spacial score (nSPS) is 10.2. The molecule has 0 aliphatic carbocycles. The number of unbranched alkanes of at least 4 members (excludes halogenated alkanes) is 2. The number of benzene rings is 1. The summed E-state index contributed by atoms with van der Waals surface area (Å²) in [6, 6.07) is 5.70. The zero-order chi connectivity index (χ0) is 14.3. The molecule has 0 spiro atoms. The monoisotopic (exact) mass is 328 g/mol. The first kappa shape index (κ1) is 15.6. The fourth-order valence-corrected chi connectivity index (χ4v) is 2.06. The van der Waals surface area contributed by atoms with Crippen molar-refractivity contribution in [1.29, 1.82) is 0 Å². The molecule has 19 heavy (non-hydrogen) atoms. The molecule has 0 saturated carbocycles. The number of carbonyl (C=O) groups is 1. The molecule has 0 radical (unpaired) electrons. The smallest absolute Gasteiger partial charge is 0.269 e. The van der Waals surface area contributed by atoms with Gasteiger partial charge in [-0.15, -0.1) is 0 Å². The van der Waals surface area contributed by atoms with Gasteiger partial charge in [0.2, 0.25) is 0 Å². The Morgan fingerprint density at radius 2 is 1.89 bits per heavy atom. The number of halogens is 1. The summed E-state index contributed by atoms with van der Waals surface area (Å²) in [5.74, 6) is -0.103. The van der Waals surface area contributed by atoms with E-state index in [1.165, 1.54) is 24.3 Å². The highest BCUT2D eigenvalue weighted by Crippen LogP contribution is 2.13. The third-order valence-corrected chi connectivity index (χ3v) is 3.36. The summed E-state index contributed by atoms with van der Waals surface area (Å²) in [6.07, 6.45) is 3.13. The van der Waals surface area contributed by atoms with Gasteiger partial charge in [0.25, 0.3) is 11.6 Å². The Morgan fingerprint density at radius 1 is 1.26 bits per heavy atom. The predicted octanol–water partition coefficient (Wildman–Crippen LogP) is 3.23. The first-order valence-corrected chi connectivity index (χ1v) is 7.24.